The molecule has 4 aromatic rings. The highest BCUT2D eigenvalue weighted by Gasteiger charge is 2.18. The number of carbonyl (C=O) groups is 2. The van der Waals surface area contributed by atoms with E-state index in [9.17, 15) is 14.0 Å². The fourth-order valence-electron chi connectivity index (χ4n) is 2.96. The summed E-state index contributed by atoms with van der Waals surface area (Å²) in [6.45, 7) is 0. The van der Waals surface area contributed by atoms with Crippen LogP contribution in [0.3, 0.4) is 0 Å². The molecule has 0 unspecified atom stereocenters. The molecule has 0 spiro atoms. The SMILES string of the molecule is COc1cc2c(cc1NC(=O)C(=O)N/N=C\c1ccc(F)cc1)oc1ccccc12. The summed E-state index contributed by atoms with van der Waals surface area (Å²) in [5.41, 5.74) is 4.21. The molecule has 1 aromatic heterocycles. The van der Waals surface area contributed by atoms with Crippen LogP contribution in [0.25, 0.3) is 21.9 Å². The summed E-state index contributed by atoms with van der Waals surface area (Å²) in [6, 6.07) is 16.3. The summed E-state index contributed by atoms with van der Waals surface area (Å²) in [5, 5.41) is 7.93. The summed E-state index contributed by atoms with van der Waals surface area (Å²) < 4.78 is 24.0. The van der Waals surface area contributed by atoms with E-state index < -0.39 is 11.8 Å². The summed E-state index contributed by atoms with van der Waals surface area (Å²) in [6.07, 6.45) is 1.30. The fraction of sp³-hybridized carbons (Fsp3) is 0.0455. The average Bonchev–Trinajstić information content (AvgIpc) is 3.11. The molecule has 4 rings (SSSR count). The maximum absolute atomic E-state index is 12.9. The summed E-state index contributed by atoms with van der Waals surface area (Å²) >= 11 is 0. The Bertz CT molecular complexity index is 1280. The van der Waals surface area contributed by atoms with Gasteiger partial charge in [0.05, 0.1) is 19.0 Å². The predicted octanol–water partition coefficient (Wildman–Crippen LogP) is 3.82. The van der Waals surface area contributed by atoms with Crippen molar-refractivity contribution in [2.45, 2.75) is 0 Å². The third kappa shape index (κ3) is 3.83. The monoisotopic (exact) mass is 405 g/mol. The molecule has 2 N–H and O–H groups in total. The number of nitrogens with zero attached hydrogens (tertiary/aromatic N) is 1. The summed E-state index contributed by atoms with van der Waals surface area (Å²) in [7, 11) is 1.46. The molecule has 0 saturated heterocycles. The topological polar surface area (TPSA) is 92.9 Å². The van der Waals surface area contributed by atoms with Gasteiger partial charge in [0, 0.05) is 16.8 Å². The minimum atomic E-state index is -0.972. The molecule has 0 fully saturated rings. The molecule has 0 saturated carbocycles. The Kier molecular flexibility index (Phi) is 5.13. The van der Waals surface area contributed by atoms with Crippen LogP contribution in [0.5, 0.6) is 5.75 Å². The van der Waals surface area contributed by atoms with Gasteiger partial charge in [-0.15, -0.1) is 0 Å². The van der Waals surface area contributed by atoms with Crippen molar-refractivity contribution in [3.8, 4) is 5.75 Å². The lowest BCUT2D eigenvalue weighted by atomic mass is 10.1. The van der Waals surface area contributed by atoms with Gasteiger partial charge in [0.15, 0.2) is 0 Å². The Morgan fingerprint density at radius 3 is 2.53 bits per heavy atom. The lowest BCUT2D eigenvalue weighted by Gasteiger charge is -2.09. The zero-order valence-corrected chi connectivity index (χ0v) is 15.8. The maximum Gasteiger partial charge on any atom is 0.329 e. The number of hydrazone groups is 1. The van der Waals surface area contributed by atoms with Crippen LogP contribution in [-0.4, -0.2) is 25.1 Å². The van der Waals surface area contributed by atoms with Gasteiger partial charge < -0.3 is 14.5 Å². The zero-order chi connectivity index (χ0) is 21.1. The number of methoxy groups -OCH3 is 1. The quantitative estimate of drug-likeness (QED) is 0.307. The number of ether oxygens (including phenoxy) is 1. The van der Waals surface area contributed by atoms with Crippen LogP contribution in [-0.2, 0) is 9.59 Å². The average molecular weight is 405 g/mol. The van der Waals surface area contributed by atoms with E-state index in [1.54, 1.807) is 12.1 Å². The highest BCUT2D eigenvalue weighted by molar-refractivity contribution is 6.39. The maximum atomic E-state index is 12.9. The molecule has 8 heteroatoms. The fourth-order valence-corrected chi connectivity index (χ4v) is 2.96. The molecule has 1 heterocycles. The molecule has 0 aliphatic rings. The molecule has 0 aliphatic carbocycles. The van der Waals surface area contributed by atoms with Gasteiger partial charge in [-0.1, -0.05) is 30.3 Å². The van der Waals surface area contributed by atoms with Crippen LogP contribution >= 0.6 is 0 Å². The van der Waals surface area contributed by atoms with E-state index in [4.69, 9.17) is 9.15 Å². The lowest BCUT2D eigenvalue weighted by Crippen LogP contribution is -2.32. The van der Waals surface area contributed by atoms with Crippen LogP contribution in [0.2, 0.25) is 0 Å². The van der Waals surface area contributed by atoms with E-state index in [-0.39, 0.29) is 11.5 Å². The second kappa shape index (κ2) is 8.04. The van der Waals surface area contributed by atoms with Gasteiger partial charge in [-0.2, -0.15) is 5.10 Å². The first-order valence-corrected chi connectivity index (χ1v) is 8.94. The number of nitrogens with one attached hydrogen (secondary N) is 2. The first kappa shape index (κ1) is 19.1. The number of hydrogen-bond donors (Lipinski definition) is 2. The summed E-state index contributed by atoms with van der Waals surface area (Å²) in [4.78, 5) is 24.3. The molecule has 7 nitrogen and oxygen atoms in total. The molecule has 30 heavy (non-hydrogen) atoms. The second-order valence-corrected chi connectivity index (χ2v) is 6.35. The van der Waals surface area contributed by atoms with Crippen molar-refractivity contribution in [2.24, 2.45) is 5.10 Å². The van der Waals surface area contributed by atoms with Crippen LogP contribution in [0.1, 0.15) is 5.56 Å². The van der Waals surface area contributed by atoms with Crippen molar-refractivity contribution in [2.75, 3.05) is 12.4 Å². The first-order valence-electron chi connectivity index (χ1n) is 8.94. The van der Waals surface area contributed by atoms with Crippen LogP contribution in [0, 0.1) is 5.82 Å². The highest BCUT2D eigenvalue weighted by Crippen LogP contribution is 2.36. The Hall–Kier alpha value is -4.20. The van der Waals surface area contributed by atoms with Crippen molar-refractivity contribution in [1.82, 2.24) is 5.43 Å². The number of fused-ring (bicyclic) bond motifs is 3. The van der Waals surface area contributed by atoms with Crippen molar-refractivity contribution in [1.29, 1.82) is 0 Å². The Labute approximate surface area is 170 Å². The van der Waals surface area contributed by atoms with E-state index in [0.717, 1.165) is 10.8 Å². The first-order chi connectivity index (χ1) is 14.5. The van der Waals surface area contributed by atoms with Gasteiger partial charge in [0.25, 0.3) is 0 Å². The number of anilines is 1. The van der Waals surface area contributed by atoms with Crippen molar-refractivity contribution in [3.05, 3.63) is 72.0 Å². The third-order valence-corrected chi connectivity index (χ3v) is 4.40. The normalized spacial score (nSPS) is 11.1. The van der Waals surface area contributed by atoms with Crippen LogP contribution < -0.4 is 15.5 Å². The van der Waals surface area contributed by atoms with Crippen molar-refractivity contribution >= 4 is 45.7 Å². The third-order valence-electron chi connectivity index (χ3n) is 4.40. The predicted molar refractivity (Wildman–Crippen MR) is 111 cm³/mol. The number of rotatable bonds is 4. The Morgan fingerprint density at radius 2 is 1.77 bits per heavy atom. The molecule has 3 aromatic carbocycles. The molecule has 0 radical (unpaired) electrons. The van der Waals surface area contributed by atoms with Gasteiger partial charge in [-0.05, 0) is 29.8 Å². The van der Waals surface area contributed by atoms with E-state index in [0.29, 0.717) is 22.5 Å². The molecular formula is C22H16FN3O4. The van der Waals surface area contributed by atoms with Crippen LogP contribution in [0.15, 0.2) is 70.2 Å². The smallest absolute Gasteiger partial charge is 0.329 e. The van der Waals surface area contributed by atoms with Gasteiger partial charge in [-0.3, -0.25) is 9.59 Å². The number of amides is 2. The zero-order valence-electron chi connectivity index (χ0n) is 15.8. The number of furan rings is 1. The van der Waals surface area contributed by atoms with Gasteiger partial charge in [-0.25, -0.2) is 9.82 Å². The molecule has 0 bridgehead atoms. The number of hydrogen-bond acceptors (Lipinski definition) is 5. The standard InChI is InChI=1S/C22H16FN3O4/c1-29-20-10-16-15-4-2-3-5-18(15)30-19(16)11-17(20)25-21(27)22(28)26-24-12-13-6-8-14(23)9-7-13/h2-12H,1H3,(H,25,27)(H,26,28)/b24-12-. The minimum absolute atomic E-state index is 0.284. The number of benzene rings is 3. The number of carbonyl (C=O) groups excluding carboxylic acids is 2. The van der Waals surface area contributed by atoms with Crippen molar-refractivity contribution in [3.63, 3.8) is 0 Å². The van der Waals surface area contributed by atoms with E-state index in [2.05, 4.69) is 15.8 Å². The molecule has 150 valence electrons. The molecule has 0 atom stereocenters. The van der Waals surface area contributed by atoms with Gasteiger partial charge in [0.2, 0.25) is 0 Å². The number of halogens is 1. The van der Waals surface area contributed by atoms with E-state index in [1.807, 2.05) is 24.3 Å². The van der Waals surface area contributed by atoms with Gasteiger partial charge in [0.1, 0.15) is 22.7 Å². The second-order valence-electron chi connectivity index (χ2n) is 6.35. The lowest BCUT2D eigenvalue weighted by molar-refractivity contribution is -0.136. The Morgan fingerprint density at radius 1 is 1.00 bits per heavy atom. The molecule has 2 amide bonds. The molecular weight excluding hydrogens is 389 g/mol. The van der Waals surface area contributed by atoms with Crippen molar-refractivity contribution < 1.29 is 23.1 Å². The van der Waals surface area contributed by atoms with E-state index in [1.165, 1.54) is 37.6 Å². The van der Waals surface area contributed by atoms with E-state index >= 15 is 0 Å². The minimum Gasteiger partial charge on any atom is -0.495 e. The largest absolute Gasteiger partial charge is 0.495 e. The Balaban J connectivity index is 1.50. The van der Waals surface area contributed by atoms with Gasteiger partial charge >= 0.3 is 11.8 Å². The van der Waals surface area contributed by atoms with Crippen LogP contribution in [0.4, 0.5) is 10.1 Å². The molecule has 0 aliphatic heterocycles. The summed E-state index contributed by atoms with van der Waals surface area (Å²) in [5.74, 6) is -1.91. The number of para-hydroxylation sites is 1. The highest BCUT2D eigenvalue weighted by atomic mass is 19.1.